The molecule has 0 bridgehead atoms. The van der Waals surface area contributed by atoms with Gasteiger partial charge >= 0.3 is 5.97 Å². The average molecular weight is 387 g/mol. The molecule has 0 saturated heterocycles. The molecule has 2 aromatic carbocycles. The minimum Gasteiger partial charge on any atom is -0.456 e. The molecule has 4 rings (SSSR count). The number of rotatable bonds is 6. The number of esters is 1. The van der Waals surface area contributed by atoms with Crippen molar-refractivity contribution in [1.82, 2.24) is 9.97 Å². The van der Waals surface area contributed by atoms with Crippen LogP contribution in [0.3, 0.4) is 0 Å². The van der Waals surface area contributed by atoms with Crippen molar-refractivity contribution in [2.75, 3.05) is 5.32 Å². The molecule has 0 spiro atoms. The van der Waals surface area contributed by atoms with Crippen molar-refractivity contribution >= 4 is 45.1 Å². The van der Waals surface area contributed by atoms with Crippen molar-refractivity contribution < 1.29 is 9.53 Å². The van der Waals surface area contributed by atoms with Gasteiger partial charge in [-0.2, -0.15) is 0 Å². The van der Waals surface area contributed by atoms with Crippen LogP contribution in [-0.2, 0) is 16.1 Å². The number of nitrogens with zero attached hydrogens (tertiary/aromatic N) is 2. The Morgan fingerprint density at radius 3 is 2.71 bits per heavy atom. The minimum absolute atomic E-state index is 0.126. The van der Waals surface area contributed by atoms with Gasteiger partial charge in [0, 0.05) is 22.5 Å². The third-order valence-corrected chi connectivity index (χ3v) is 4.76. The fourth-order valence-corrected chi connectivity index (χ4v) is 3.31. The highest BCUT2D eigenvalue weighted by Gasteiger charge is 2.05. The summed E-state index contributed by atoms with van der Waals surface area (Å²) in [6.07, 6.45) is 3.03. The molecule has 0 amide bonds. The second-order valence-corrected chi connectivity index (χ2v) is 6.86. The number of hydrogen-bond acceptors (Lipinski definition) is 6. The van der Waals surface area contributed by atoms with Crippen LogP contribution in [0, 0.1) is 0 Å². The van der Waals surface area contributed by atoms with E-state index in [1.807, 2.05) is 72.1 Å². The normalized spacial score (nSPS) is 11.0. The third kappa shape index (κ3) is 4.61. The second-order valence-electron chi connectivity index (χ2n) is 6.00. The first-order valence-electron chi connectivity index (χ1n) is 8.73. The predicted molar refractivity (Wildman–Crippen MR) is 112 cm³/mol. The topological polar surface area (TPSA) is 64.1 Å². The number of thiazole rings is 1. The summed E-state index contributed by atoms with van der Waals surface area (Å²) in [6, 6.07) is 21.5. The number of aromatic nitrogens is 2. The summed E-state index contributed by atoms with van der Waals surface area (Å²) in [5.41, 5.74) is 3.26. The molecule has 28 heavy (non-hydrogen) atoms. The highest BCUT2D eigenvalue weighted by molar-refractivity contribution is 7.13. The van der Waals surface area contributed by atoms with E-state index in [-0.39, 0.29) is 6.61 Å². The number of fused-ring (bicyclic) bond motifs is 1. The largest absolute Gasteiger partial charge is 0.456 e. The molecule has 1 N–H and O–H groups in total. The van der Waals surface area contributed by atoms with E-state index in [4.69, 9.17) is 4.74 Å². The summed E-state index contributed by atoms with van der Waals surface area (Å²) in [5, 5.41) is 6.90. The lowest BCUT2D eigenvalue weighted by Gasteiger charge is -2.01. The molecule has 0 aliphatic heterocycles. The Hall–Kier alpha value is -3.51. The van der Waals surface area contributed by atoms with Gasteiger partial charge in [0.05, 0.1) is 16.9 Å². The van der Waals surface area contributed by atoms with E-state index in [0.29, 0.717) is 11.4 Å². The number of ether oxygens (including phenoxy) is 1. The van der Waals surface area contributed by atoms with Gasteiger partial charge in [0.2, 0.25) is 0 Å². The molecule has 0 saturated carbocycles. The van der Waals surface area contributed by atoms with Crippen molar-refractivity contribution in [3.05, 3.63) is 89.6 Å². The van der Waals surface area contributed by atoms with Crippen LogP contribution in [0.4, 0.5) is 10.8 Å². The molecule has 0 radical (unpaired) electrons. The molecule has 0 aliphatic rings. The Kier molecular flexibility index (Phi) is 5.40. The van der Waals surface area contributed by atoms with Gasteiger partial charge < -0.3 is 10.1 Å². The SMILES string of the molecule is O=C(/C=C/c1ccc2ccccc2n1)OCc1csc(Nc2ccccc2)n1. The first-order valence-corrected chi connectivity index (χ1v) is 9.61. The van der Waals surface area contributed by atoms with E-state index < -0.39 is 5.97 Å². The number of anilines is 2. The Morgan fingerprint density at radius 1 is 1.00 bits per heavy atom. The number of para-hydroxylation sites is 2. The molecule has 5 nitrogen and oxygen atoms in total. The van der Waals surface area contributed by atoms with Crippen LogP contribution < -0.4 is 5.32 Å². The van der Waals surface area contributed by atoms with Crippen LogP contribution in [0.1, 0.15) is 11.4 Å². The van der Waals surface area contributed by atoms with Crippen molar-refractivity contribution in [2.24, 2.45) is 0 Å². The lowest BCUT2D eigenvalue weighted by Crippen LogP contribution is -2.01. The Morgan fingerprint density at radius 2 is 1.82 bits per heavy atom. The maximum atomic E-state index is 12.0. The molecule has 2 heterocycles. The number of carbonyl (C=O) groups excluding carboxylic acids is 1. The van der Waals surface area contributed by atoms with E-state index in [1.54, 1.807) is 6.08 Å². The van der Waals surface area contributed by atoms with Crippen LogP contribution in [-0.4, -0.2) is 15.9 Å². The molecule has 0 atom stereocenters. The molecule has 0 unspecified atom stereocenters. The van der Waals surface area contributed by atoms with E-state index in [1.165, 1.54) is 17.4 Å². The maximum Gasteiger partial charge on any atom is 0.331 e. The highest BCUT2D eigenvalue weighted by Crippen LogP contribution is 2.21. The Labute approximate surface area is 166 Å². The predicted octanol–water partition coefficient (Wildman–Crippen LogP) is 5.19. The molecule has 0 aliphatic carbocycles. The maximum absolute atomic E-state index is 12.0. The van der Waals surface area contributed by atoms with Crippen molar-refractivity contribution in [2.45, 2.75) is 6.61 Å². The average Bonchev–Trinajstić information content (AvgIpc) is 3.18. The zero-order valence-electron chi connectivity index (χ0n) is 14.9. The standard InChI is InChI=1S/C22H17N3O2S/c26-21(13-12-18-11-10-16-6-4-5-9-20(16)23-18)27-14-19-15-28-22(25-19)24-17-7-2-1-3-8-17/h1-13,15H,14H2,(H,24,25)/b13-12+. The Balaban J connectivity index is 1.32. The summed E-state index contributed by atoms with van der Waals surface area (Å²) < 4.78 is 5.26. The summed E-state index contributed by atoms with van der Waals surface area (Å²) in [4.78, 5) is 20.9. The van der Waals surface area contributed by atoms with Gasteiger partial charge in [-0.05, 0) is 30.3 Å². The lowest BCUT2D eigenvalue weighted by atomic mass is 10.2. The quantitative estimate of drug-likeness (QED) is 0.364. The minimum atomic E-state index is -0.430. The van der Waals surface area contributed by atoms with Crippen molar-refractivity contribution in [3.8, 4) is 0 Å². The molecule has 6 heteroatoms. The number of hydrogen-bond donors (Lipinski definition) is 1. The van der Waals surface area contributed by atoms with E-state index in [2.05, 4.69) is 15.3 Å². The van der Waals surface area contributed by atoms with Gasteiger partial charge in [0.15, 0.2) is 5.13 Å². The van der Waals surface area contributed by atoms with E-state index >= 15 is 0 Å². The highest BCUT2D eigenvalue weighted by atomic mass is 32.1. The number of benzene rings is 2. The van der Waals surface area contributed by atoms with Crippen LogP contribution >= 0.6 is 11.3 Å². The summed E-state index contributed by atoms with van der Waals surface area (Å²) in [6.45, 7) is 0.126. The van der Waals surface area contributed by atoms with Gasteiger partial charge in [-0.3, -0.25) is 0 Å². The molecule has 138 valence electrons. The molecule has 2 aromatic heterocycles. The number of carbonyl (C=O) groups is 1. The zero-order valence-corrected chi connectivity index (χ0v) is 15.7. The fraction of sp³-hybridized carbons (Fsp3) is 0.0455. The summed E-state index contributed by atoms with van der Waals surface area (Å²) in [7, 11) is 0. The van der Waals surface area contributed by atoms with Crippen LogP contribution in [0.25, 0.3) is 17.0 Å². The van der Waals surface area contributed by atoms with Gasteiger partial charge in [-0.1, -0.05) is 42.5 Å². The van der Waals surface area contributed by atoms with Crippen molar-refractivity contribution in [3.63, 3.8) is 0 Å². The smallest absolute Gasteiger partial charge is 0.331 e. The second kappa shape index (κ2) is 8.45. The zero-order chi connectivity index (χ0) is 19.2. The molecule has 4 aromatic rings. The Bertz CT molecular complexity index is 1120. The monoisotopic (exact) mass is 387 g/mol. The third-order valence-electron chi connectivity index (χ3n) is 3.95. The van der Waals surface area contributed by atoms with Crippen molar-refractivity contribution in [1.29, 1.82) is 0 Å². The summed E-state index contributed by atoms with van der Waals surface area (Å²) in [5.74, 6) is -0.430. The fourth-order valence-electron chi connectivity index (χ4n) is 2.60. The van der Waals surface area contributed by atoms with Gasteiger partial charge in [-0.25, -0.2) is 14.8 Å². The van der Waals surface area contributed by atoms with E-state index in [0.717, 1.165) is 21.7 Å². The summed E-state index contributed by atoms with van der Waals surface area (Å²) >= 11 is 1.47. The lowest BCUT2D eigenvalue weighted by molar-refractivity contribution is -0.139. The van der Waals surface area contributed by atoms with Gasteiger partial charge in [0.25, 0.3) is 0 Å². The van der Waals surface area contributed by atoms with Crippen LogP contribution in [0.5, 0.6) is 0 Å². The van der Waals surface area contributed by atoms with Gasteiger partial charge in [-0.15, -0.1) is 11.3 Å². The number of pyridine rings is 1. The van der Waals surface area contributed by atoms with Crippen LogP contribution in [0.15, 0.2) is 78.2 Å². The molecular weight excluding hydrogens is 370 g/mol. The molecular formula is C22H17N3O2S. The first-order chi connectivity index (χ1) is 13.8. The number of nitrogens with one attached hydrogen (secondary N) is 1. The first kappa shape index (κ1) is 17.9. The van der Waals surface area contributed by atoms with E-state index in [9.17, 15) is 4.79 Å². The molecule has 0 fully saturated rings. The van der Waals surface area contributed by atoms with Gasteiger partial charge in [0.1, 0.15) is 6.61 Å². The van der Waals surface area contributed by atoms with Crippen LogP contribution in [0.2, 0.25) is 0 Å².